The largest absolute Gasteiger partial charge is 0.490 e. The first-order valence-corrected chi connectivity index (χ1v) is 7.66. The van der Waals surface area contributed by atoms with Crippen LogP contribution in [-0.2, 0) is 0 Å². The zero-order valence-electron chi connectivity index (χ0n) is 10.7. The molecule has 104 valence electrons. The Morgan fingerprint density at radius 1 is 1.05 bits per heavy atom. The topological polar surface area (TPSA) is 29.5 Å². The van der Waals surface area contributed by atoms with Gasteiger partial charge in [0.15, 0.2) is 0 Å². The van der Waals surface area contributed by atoms with Gasteiger partial charge in [-0.1, -0.05) is 42.5 Å². The number of aliphatic hydroxyl groups excluding tert-OH is 1. The van der Waals surface area contributed by atoms with Gasteiger partial charge in [0, 0.05) is 21.9 Å². The Balaban J connectivity index is 1.76. The molecule has 2 atom stereocenters. The summed E-state index contributed by atoms with van der Waals surface area (Å²) >= 11 is 12.0. The van der Waals surface area contributed by atoms with Crippen molar-refractivity contribution >= 4 is 23.2 Å². The van der Waals surface area contributed by atoms with E-state index in [1.165, 1.54) is 19.3 Å². The number of rotatable bonds is 2. The van der Waals surface area contributed by atoms with E-state index in [2.05, 4.69) is 0 Å². The predicted molar refractivity (Wildman–Crippen MR) is 77.0 cm³/mol. The molecule has 1 aromatic rings. The number of ether oxygens (including phenoxy) is 1. The molecule has 0 aromatic heterocycles. The third-order valence-corrected chi connectivity index (χ3v) is 5.08. The minimum Gasteiger partial charge on any atom is -0.490 e. The molecule has 2 unspecified atom stereocenters. The molecule has 2 fully saturated rings. The monoisotopic (exact) mass is 300 g/mol. The lowest BCUT2D eigenvalue weighted by molar-refractivity contribution is -0.172. The Kier molecular flexibility index (Phi) is 3.67. The normalized spacial score (nSPS) is 29.0. The molecule has 2 aliphatic carbocycles. The van der Waals surface area contributed by atoms with Crippen LogP contribution in [0.15, 0.2) is 18.2 Å². The average Bonchev–Trinajstić information content (AvgIpc) is 2.38. The second-order valence-corrected chi connectivity index (χ2v) is 6.63. The van der Waals surface area contributed by atoms with Gasteiger partial charge in [0.1, 0.15) is 11.9 Å². The smallest absolute Gasteiger partial charge is 0.122 e. The summed E-state index contributed by atoms with van der Waals surface area (Å²) in [6.45, 7) is 0. The van der Waals surface area contributed by atoms with Crippen molar-refractivity contribution in [2.75, 3.05) is 0 Å². The molecule has 1 N–H and O–H groups in total. The van der Waals surface area contributed by atoms with Crippen LogP contribution in [0.1, 0.15) is 38.5 Å². The molecule has 4 heteroatoms. The van der Waals surface area contributed by atoms with Gasteiger partial charge in [-0.3, -0.25) is 0 Å². The van der Waals surface area contributed by atoms with Gasteiger partial charge in [0.05, 0.1) is 6.10 Å². The third kappa shape index (κ3) is 2.46. The highest BCUT2D eigenvalue weighted by Gasteiger charge is 2.56. The van der Waals surface area contributed by atoms with Crippen LogP contribution in [0.2, 0.25) is 10.0 Å². The molecule has 0 bridgehead atoms. The van der Waals surface area contributed by atoms with Gasteiger partial charge in [-0.05, 0) is 31.0 Å². The summed E-state index contributed by atoms with van der Waals surface area (Å²) in [6, 6.07) is 5.27. The minimum absolute atomic E-state index is 0.0347. The number of aliphatic hydroxyl groups is 1. The fourth-order valence-electron chi connectivity index (χ4n) is 3.52. The lowest BCUT2D eigenvalue weighted by Crippen LogP contribution is -2.60. The molecule has 2 aliphatic rings. The van der Waals surface area contributed by atoms with E-state index < -0.39 is 0 Å². The van der Waals surface area contributed by atoms with E-state index in [0.29, 0.717) is 22.2 Å². The molecule has 0 heterocycles. The van der Waals surface area contributed by atoms with Crippen LogP contribution in [-0.4, -0.2) is 17.3 Å². The van der Waals surface area contributed by atoms with E-state index in [0.717, 1.165) is 12.8 Å². The van der Waals surface area contributed by atoms with Crippen LogP contribution in [0.5, 0.6) is 5.75 Å². The standard InChI is InChI=1S/C15H18Cl2O2/c16-10-6-11(17)8-12(7-10)19-14-9-13(18)15(14)4-2-1-3-5-15/h6-8,13-14,18H,1-5,9H2. The van der Waals surface area contributed by atoms with E-state index >= 15 is 0 Å². The van der Waals surface area contributed by atoms with Crippen molar-refractivity contribution < 1.29 is 9.84 Å². The van der Waals surface area contributed by atoms with Gasteiger partial charge >= 0.3 is 0 Å². The van der Waals surface area contributed by atoms with Gasteiger partial charge in [0.25, 0.3) is 0 Å². The summed E-state index contributed by atoms with van der Waals surface area (Å²) in [5.74, 6) is 0.708. The lowest BCUT2D eigenvalue weighted by Gasteiger charge is -2.55. The third-order valence-electron chi connectivity index (χ3n) is 4.64. The van der Waals surface area contributed by atoms with E-state index in [4.69, 9.17) is 27.9 Å². The van der Waals surface area contributed by atoms with E-state index in [9.17, 15) is 5.11 Å². The molecule has 1 spiro atoms. The summed E-state index contributed by atoms with van der Waals surface area (Å²) in [6.07, 6.45) is 6.36. The van der Waals surface area contributed by atoms with Crippen molar-refractivity contribution in [1.29, 1.82) is 0 Å². The number of benzene rings is 1. The Morgan fingerprint density at radius 3 is 2.26 bits per heavy atom. The zero-order valence-corrected chi connectivity index (χ0v) is 12.3. The van der Waals surface area contributed by atoms with Crippen LogP contribution >= 0.6 is 23.2 Å². The van der Waals surface area contributed by atoms with Crippen molar-refractivity contribution in [3.05, 3.63) is 28.2 Å². The average molecular weight is 301 g/mol. The Hall–Kier alpha value is -0.440. The number of hydrogen-bond acceptors (Lipinski definition) is 2. The summed E-state index contributed by atoms with van der Waals surface area (Å²) in [7, 11) is 0. The predicted octanol–water partition coefficient (Wildman–Crippen LogP) is 4.46. The van der Waals surface area contributed by atoms with Crippen LogP contribution in [0.4, 0.5) is 0 Å². The number of halogens is 2. The summed E-state index contributed by atoms with van der Waals surface area (Å²) < 4.78 is 6.05. The molecule has 0 saturated heterocycles. The molecular weight excluding hydrogens is 283 g/mol. The fourth-order valence-corrected chi connectivity index (χ4v) is 4.02. The van der Waals surface area contributed by atoms with Gasteiger partial charge in [-0.2, -0.15) is 0 Å². The lowest BCUT2D eigenvalue weighted by atomic mass is 9.56. The molecule has 3 rings (SSSR count). The van der Waals surface area contributed by atoms with Crippen molar-refractivity contribution in [3.8, 4) is 5.75 Å². The molecule has 19 heavy (non-hydrogen) atoms. The highest BCUT2D eigenvalue weighted by Crippen LogP contribution is 2.53. The molecular formula is C15H18Cl2O2. The maximum absolute atomic E-state index is 10.1. The summed E-state index contributed by atoms with van der Waals surface area (Å²) in [4.78, 5) is 0. The minimum atomic E-state index is -0.215. The van der Waals surface area contributed by atoms with Crippen molar-refractivity contribution in [2.24, 2.45) is 5.41 Å². The van der Waals surface area contributed by atoms with Crippen LogP contribution in [0, 0.1) is 5.41 Å². The Morgan fingerprint density at radius 2 is 1.68 bits per heavy atom. The molecule has 2 nitrogen and oxygen atoms in total. The van der Waals surface area contributed by atoms with E-state index in [1.807, 2.05) is 0 Å². The van der Waals surface area contributed by atoms with Gasteiger partial charge < -0.3 is 9.84 Å². The van der Waals surface area contributed by atoms with Crippen molar-refractivity contribution in [2.45, 2.75) is 50.7 Å². The van der Waals surface area contributed by atoms with Crippen molar-refractivity contribution in [3.63, 3.8) is 0 Å². The fraction of sp³-hybridized carbons (Fsp3) is 0.600. The van der Waals surface area contributed by atoms with E-state index in [-0.39, 0.29) is 17.6 Å². The summed E-state index contributed by atoms with van der Waals surface area (Å²) in [5.41, 5.74) is -0.0347. The van der Waals surface area contributed by atoms with Gasteiger partial charge in [-0.25, -0.2) is 0 Å². The van der Waals surface area contributed by atoms with Crippen LogP contribution < -0.4 is 4.74 Å². The van der Waals surface area contributed by atoms with Crippen LogP contribution in [0.25, 0.3) is 0 Å². The quantitative estimate of drug-likeness (QED) is 0.874. The van der Waals surface area contributed by atoms with Gasteiger partial charge in [0.2, 0.25) is 0 Å². The molecule has 1 aromatic carbocycles. The molecule has 0 aliphatic heterocycles. The van der Waals surface area contributed by atoms with Gasteiger partial charge in [-0.15, -0.1) is 0 Å². The first-order valence-electron chi connectivity index (χ1n) is 6.91. The van der Waals surface area contributed by atoms with Crippen LogP contribution in [0.3, 0.4) is 0 Å². The second-order valence-electron chi connectivity index (χ2n) is 5.76. The maximum Gasteiger partial charge on any atom is 0.122 e. The van der Waals surface area contributed by atoms with Crippen molar-refractivity contribution in [1.82, 2.24) is 0 Å². The Bertz CT molecular complexity index is 449. The Labute approximate surface area is 123 Å². The highest BCUT2D eigenvalue weighted by atomic mass is 35.5. The SMILES string of the molecule is OC1CC(Oc2cc(Cl)cc(Cl)c2)C12CCCCC2. The zero-order chi connectivity index (χ0) is 13.5. The highest BCUT2D eigenvalue weighted by molar-refractivity contribution is 6.34. The molecule has 0 radical (unpaired) electrons. The second kappa shape index (κ2) is 5.16. The molecule has 0 amide bonds. The first-order chi connectivity index (χ1) is 9.10. The molecule has 2 saturated carbocycles. The number of hydrogen-bond donors (Lipinski definition) is 1. The summed E-state index contributed by atoms with van der Waals surface area (Å²) in [5, 5.41) is 11.3. The maximum atomic E-state index is 10.1. The van der Waals surface area contributed by atoms with E-state index in [1.54, 1.807) is 18.2 Å². The first kappa shape index (κ1) is 13.5.